The van der Waals surface area contributed by atoms with Gasteiger partial charge in [0.05, 0.1) is 23.5 Å². The third kappa shape index (κ3) is 5.25. The maximum atomic E-state index is 12.8. The number of benzene rings is 2. The molecule has 0 unspecified atom stereocenters. The molecule has 0 spiro atoms. The summed E-state index contributed by atoms with van der Waals surface area (Å²) in [7, 11) is -3.19. The van der Waals surface area contributed by atoms with Crippen molar-refractivity contribution >= 4 is 27.4 Å². The molecule has 3 aromatic rings. The van der Waals surface area contributed by atoms with Crippen LogP contribution < -0.4 is 10.2 Å². The highest BCUT2D eigenvalue weighted by molar-refractivity contribution is 7.88. The van der Waals surface area contributed by atoms with Crippen molar-refractivity contribution in [2.24, 2.45) is 0 Å². The number of hydrogen-bond donors (Lipinski definition) is 1. The average molecular weight is 476 g/mol. The van der Waals surface area contributed by atoms with Gasteiger partial charge in [-0.15, -0.1) is 0 Å². The molecular weight excluding hydrogens is 450 g/mol. The summed E-state index contributed by atoms with van der Waals surface area (Å²) in [6.45, 7) is 3.88. The molecule has 1 aliphatic rings. The van der Waals surface area contributed by atoms with E-state index in [4.69, 9.17) is 5.26 Å². The molecule has 2 aromatic carbocycles. The Bertz CT molecular complexity index is 1360. The molecule has 0 aliphatic carbocycles. The van der Waals surface area contributed by atoms with Gasteiger partial charge in [0.15, 0.2) is 0 Å². The number of anilines is 2. The van der Waals surface area contributed by atoms with Crippen molar-refractivity contribution in [2.75, 3.05) is 42.7 Å². The van der Waals surface area contributed by atoms with Gasteiger partial charge in [-0.2, -0.15) is 9.57 Å². The van der Waals surface area contributed by atoms with Crippen molar-refractivity contribution in [1.29, 1.82) is 5.26 Å². The third-order valence-corrected chi connectivity index (χ3v) is 7.13. The molecular formula is C25H25N5O3S. The van der Waals surface area contributed by atoms with Crippen LogP contribution in [0.2, 0.25) is 0 Å². The van der Waals surface area contributed by atoms with Gasteiger partial charge in [-0.1, -0.05) is 18.2 Å². The van der Waals surface area contributed by atoms with Gasteiger partial charge >= 0.3 is 0 Å². The van der Waals surface area contributed by atoms with E-state index in [1.54, 1.807) is 18.2 Å². The maximum Gasteiger partial charge on any atom is 0.257 e. The van der Waals surface area contributed by atoms with E-state index < -0.39 is 10.0 Å². The number of pyridine rings is 1. The molecule has 2 heterocycles. The highest BCUT2D eigenvalue weighted by Gasteiger charge is 2.24. The Balaban J connectivity index is 1.43. The van der Waals surface area contributed by atoms with Crippen molar-refractivity contribution in [3.05, 3.63) is 77.5 Å². The summed E-state index contributed by atoms with van der Waals surface area (Å²) >= 11 is 0. The molecule has 0 bridgehead atoms. The Morgan fingerprint density at radius 3 is 2.44 bits per heavy atom. The van der Waals surface area contributed by atoms with Gasteiger partial charge in [0.1, 0.15) is 5.82 Å². The largest absolute Gasteiger partial charge is 0.354 e. The number of piperazine rings is 1. The quantitative estimate of drug-likeness (QED) is 0.607. The summed E-state index contributed by atoms with van der Waals surface area (Å²) in [5.74, 6) is 0.442. The number of nitriles is 1. The summed E-state index contributed by atoms with van der Waals surface area (Å²) in [5, 5.41) is 12.0. The number of hydrogen-bond acceptors (Lipinski definition) is 6. The zero-order chi connectivity index (χ0) is 24.3. The van der Waals surface area contributed by atoms with Crippen molar-refractivity contribution in [3.8, 4) is 17.2 Å². The number of nitrogens with one attached hydrogen (secondary N) is 1. The monoisotopic (exact) mass is 475 g/mol. The lowest BCUT2D eigenvalue weighted by molar-refractivity contribution is 0.102. The Morgan fingerprint density at radius 2 is 1.82 bits per heavy atom. The van der Waals surface area contributed by atoms with Crippen LogP contribution in [0.15, 0.2) is 60.8 Å². The normalized spacial score (nSPS) is 14.4. The van der Waals surface area contributed by atoms with E-state index in [-0.39, 0.29) is 5.91 Å². The predicted molar refractivity (Wildman–Crippen MR) is 132 cm³/mol. The molecule has 1 aromatic heterocycles. The Kier molecular flexibility index (Phi) is 6.63. The summed E-state index contributed by atoms with van der Waals surface area (Å²) in [6, 6.07) is 18.7. The van der Waals surface area contributed by atoms with Gasteiger partial charge in [0.2, 0.25) is 10.0 Å². The molecule has 1 amide bonds. The molecule has 34 heavy (non-hydrogen) atoms. The van der Waals surface area contributed by atoms with E-state index in [1.807, 2.05) is 48.2 Å². The van der Waals surface area contributed by atoms with Crippen molar-refractivity contribution in [1.82, 2.24) is 9.29 Å². The fourth-order valence-corrected chi connectivity index (χ4v) is 4.81. The van der Waals surface area contributed by atoms with E-state index in [0.29, 0.717) is 48.8 Å². The van der Waals surface area contributed by atoms with Gasteiger partial charge in [0.25, 0.3) is 5.91 Å². The molecule has 8 nitrogen and oxygen atoms in total. The van der Waals surface area contributed by atoms with E-state index in [1.165, 1.54) is 16.8 Å². The number of carbonyl (C=O) groups excluding carboxylic acids is 1. The van der Waals surface area contributed by atoms with Crippen molar-refractivity contribution < 1.29 is 13.2 Å². The molecule has 1 fully saturated rings. The number of aromatic nitrogens is 1. The molecule has 0 saturated carbocycles. The average Bonchev–Trinajstić information content (AvgIpc) is 2.83. The smallest absolute Gasteiger partial charge is 0.257 e. The Morgan fingerprint density at radius 1 is 1.06 bits per heavy atom. The lowest BCUT2D eigenvalue weighted by Gasteiger charge is -2.33. The second kappa shape index (κ2) is 9.63. The van der Waals surface area contributed by atoms with Crippen LogP contribution in [0.4, 0.5) is 11.5 Å². The van der Waals surface area contributed by atoms with Crippen LogP contribution in [0.3, 0.4) is 0 Å². The standard InChI is InChI=1S/C25H25N5O3S/c1-18-14-19(16-26)6-8-23(18)20-4-3-5-22(15-20)28-25(31)21-7-9-24(27-17-21)29-10-12-30(13-11-29)34(2,32)33/h3-9,14-15,17H,10-13H2,1-2H3,(H,28,31). The second-order valence-electron chi connectivity index (χ2n) is 8.23. The fraction of sp³-hybridized carbons (Fsp3) is 0.240. The zero-order valence-corrected chi connectivity index (χ0v) is 19.8. The number of aryl methyl sites for hydroxylation is 1. The maximum absolute atomic E-state index is 12.8. The number of rotatable bonds is 5. The molecule has 9 heteroatoms. The first-order valence-electron chi connectivity index (χ1n) is 10.8. The van der Waals surface area contributed by atoms with Gasteiger partial charge in [-0.3, -0.25) is 4.79 Å². The lowest BCUT2D eigenvalue weighted by atomic mass is 9.98. The number of carbonyl (C=O) groups is 1. The van der Waals surface area contributed by atoms with Gasteiger partial charge < -0.3 is 10.2 Å². The fourth-order valence-electron chi connectivity index (χ4n) is 3.98. The minimum Gasteiger partial charge on any atom is -0.354 e. The molecule has 4 rings (SSSR count). The van der Waals surface area contributed by atoms with Gasteiger partial charge in [-0.25, -0.2) is 13.4 Å². The highest BCUT2D eigenvalue weighted by atomic mass is 32.2. The van der Waals surface area contributed by atoms with Gasteiger partial charge in [-0.05, 0) is 60.0 Å². The Hall–Kier alpha value is -3.74. The van der Waals surface area contributed by atoms with Crippen molar-refractivity contribution in [2.45, 2.75) is 6.92 Å². The van der Waals surface area contributed by atoms with Crippen LogP contribution in [-0.4, -0.2) is 56.0 Å². The van der Waals surface area contributed by atoms with Crippen molar-refractivity contribution in [3.63, 3.8) is 0 Å². The number of amides is 1. The molecule has 0 atom stereocenters. The van der Waals surface area contributed by atoms with Crippen LogP contribution in [-0.2, 0) is 10.0 Å². The summed E-state index contributed by atoms with van der Waals surface area (Å²) in [6.07, 6.45) is 2.75. The SMILES string of the molecule is Cc1cc(C#N)ccc1-c1cccc(NC(=O)c2ccc(N3CCN(S(C)(=O)=O)CC3)nc2)c1. The topological polar surface area (TPSA) is 106 Å². The summed E-state index contributed by atoms with van der Waals surface area (Å²) < 4.78 is 24.8. The molecule has 1 N–H and O–H groups in total. The zero-order valence-electron chi connectivity index (χ0n) is 19.0. The van der Waals surface area contributed by atoms with E-state index >= 15 is 0 Å². The van der Waals surface area contributed by atoms with Crippen LogP contribution in [0.25, 0.3) is 11.1 Å². The van der Waals surface area contributed by atoms with E-state index in [2.05, 4.69) is 16.4 Å². The first-order valence-corrected chi connectivity index (χ1v) is 12.7. The lowest BCUT2D eigenvalue weighted by Crippen LogP contribution is -2.48. The molecule has 1 saturated heterocycles. The highest BCUT2D eigenvalue weighted by Crippen LogP contribution is 2.27. The number of nitrogens with zero attached hydrogens (tertiary/aromatic N) is 4. The molecule has 174 valence electrons. The van der Waals surface area contributed by atoms with Crippen LogP contribution in [0.5, 0.6) is 0 Å². The minimum absolute atomic E-state index is 0.269. The predicted octanol–water partition coefficient (Wildman–Crippen LogP) is 3.26. The first-order chi connectivity index (χ1) is 16.2. The Labute approximate surface area is 199 Å². The molecule has 1 aliphatic heterocycles. The first kappa shape index (κ1) is 23.4. The van der Waals surface area contributed by atoms with E-state index in [0.717, 1.165) is 16.7 Å². The van der Waals surface area contributed by atoms with Crippen LogP contribution >= 0.6 is 0 Å². The van der Waals surface area contributed by atoms with Crippen LogP contribution in [0.1, 0.15) is 21.5 Å². The summed E-state index contributed by atoms with van der Waals surface area (Å²) in [4.78, 5) is 19.2. The number of sulfonamides is 1. The van der Waals surface area contributed by atoms with E-state index in [9.17, 15) is 13.2 Å². The minimum atomic E-state index is -3.19. The van der Waals surface area contributed by atoms with Crippen LogP contribution in [0, 0.1) is 18.3 Å². The van der Waals surface area contributed by atoms with Gasteiger partial charge in [0, 0.05) is 38.1 Å². The summed E-state index contributed by atoms with van der Waals surface area (Å²) in [5.41, 5.74) is 4.63. The second-order valence-corrected chi connectivity index (χ2v) is 10.2. The molecule has 0 radical (unpaired) electrons. The third-order valence-electron chi connectivity index (χ3n) is 5.83.